The average Bonchev–Trinajstić information content (AvgIpc) is 2.84. The molecule has 0 saturated carbocycles. The highest BCUT2D eigenvalue weighted by Gasteiger charge is 2.21. The van der Waals surface area contributed by atoms with Gasteiger partial charge in [0.2, 0.25) is 0 Å². The molecule has 0 amide bonds. The van der Waals surface area contributed by atoms with Crippen molar-refractivity contribution < 1.29 is 13.9 Å². The summed E-state index contributed by atoms with van der Waals surface area (Å²) in [6.07, 6.45) is 0. The summed E-state index contributed by atoms with van der Waals surface area (Å²) in [5.74, 6) is 2.01. The summed E-state index contributed by atoms with van der Waals surface area (Å²) in [7, 11) is 0. The first-order chi connectivity index (χ1) is 9.15. The van der Waals surface area contributed by atoms with Gasteiger partial charge in [-0.3, -0.25) is 0 Å². The van der Waals surface area contributed by atoms with E-state index in [1.807, 2.05) is 12.1 Å². The Morgan fingerprint density at radius 1 is 1.16 bits per heavy atom. The molecule has 0 bridgehead atoms. The minimum absolute atomic E-state index is 0.319. The van der Waals surface area contributed by atoms with Gasteiger partial charge < -0.3 is 19.6 Å². The summed E-state index contributed by atoms with van der Waals surface area (Å²) in [5.41, 5.74) is 7.04. The molecule has 6 heteroatoms. The monoisotopic (exact) mass is 343 g/mol. The molecule has 1 aromatic carbocycles. The largest absolute Gasteiger partial charge is 0.486 e. The van der Waals surface area contributed by atoms with Gasteiger partial charge >= 0.3 is 0 Å². The summed E-state index contributed by atoms with van der Waals surface area (Å²) in [5, 5.41) is 0.319. The first-order valence-corrected chi connectivity index (χ1v) is 6.92. The van der Waals surface area contributed by atoms with Crippen molar-refractivity contribution in [3.63, 3.8) is 0 Å². The Balaban J connectivity index is 2.00. The van der Waals surface area contributed by atoms with Crippen LogP contribution in [0.3, 0.4) is 0 Å². The van der Waals surface area contributed by atoms with Crippen molar-refractivity contribution >= 4 is 27.5 Å². The maximum absolute atomic E-state index is 6.18. The molecule has 0 radical (unpaired) electrons. The van der Waals surface area contributed by atoms with Gasteiger partial charge in [-0.2, -0.15) is 0 Å². The Morgan fingerprint density at radius 3 is 2.47 bits per heavy atom. The van der Waals surface area contributed by atoms with Crippen LogP contribution < -0.4 is 15.2 Å². The molecule has 1 aliphatic heterocycles. The Kier molecular flexibility index (Phi) is 3.43. The zero-order valence-electron chi connectivity index (χ0n) is 9.86. The number of fused-ring (bicyclic) bond motifs is 1. The van der Waals surface area contributed by atoms with Crippen molar-refractivity contribution in [3.8, 4) is 11.5 Å². The highest BCUT2D eigenvalue weighted by atomic mass is 79.9. The topological polar surface area (TPSA) is 57.6 Å². The van der Waals surface area contributed by atoms with Crippen molar-refractivity contribution in [1.29, 1.82) is 0 Å². The zero-order valence-corrected chi connectivity index (χ0v) is 12.2. The maximum Gasteiger partial charge on any atom is 0.193 e. The van der Waals surface area contributed by atoms with Gasteiger partial charge in [-0.1, -0.05) is 15.9 Å². The van der Waals surface area contributed by atoms with Crippen LogP contribution in [-0.2, 0) is 0 Å². The molecule has 2 N–H and O–H groups in total. The van der Waals surface area contributed by atoms with Crippen LogP contribution in [0.4, 0.5) is 0 Å². The summed E-state index contributed by atoms with van der Waals surface area (Å²) in [6.45, 7) is 1.09. The Hall–Kier alpha value is -1.17. The Labute approximate surface area is 123 Å². The smallest absolute Gasteiger partial charge is 0.193 e. The lowest BCUT2D eigenvalue weighted by Gasteiger charge is -2.21. The van der Waals surface area contributed by atoms with Crippen LogP contribution in [0.5, 0.6) is 11.5 Å². The van der Waals surface area contributed by atoms with E-state index in [2.05, 4.69) is 15.9 Å². The van der Waals surface area contributed by atoms with Gasteiger partial charge in [-0.15, -0.1) is 0 Å². The van der Waals surface area contributed by atoms with Crippen molar-refractivity contribution in [2.24, 2.45) is 5.73 Å². The third kappa shape index (κ3) is 2.45. The normalized spacial score (nSPS) is 15.3. The van der Waals surface area contributed by atoms with E-state index in [0.29, 0.717) is 35.7 Å². The summed E-state index contributed by atoms with van der Waals surface area (Å²) in [6, 6.07) is 6.73. The molecule has 19 heavy (non-hydrogen) atoms. The predicted octanol–water partition coefficient (Wildman–Crippen LogP) is 3.51. The summed E-state index contributed by atoms with van der Waals surface area (Å²) >= 11 is 9.26. The van der Waals surface area contributed by atoms with E-state index >= 15 is 0 Å². The summed E-state index contributed by atoms with van der Waals surface area (Å²) < 4.78 is 17.3. The van der Waals surface area contributed by atoms with Gasteiger partial charge in [-0.25, -0.2) is 0 Å². The van der Waals surface area contributed by atoms with E-state index in [-0.39, 0.29) is 0 Å². The number of ether oxygens (including phenoxy) is 2. The first kappa shape index (κ1) is 12.8. The molecular weight excluding hydrogens is 334 g/mol. The predicted molar refractivity (Wildman–Crippen MR) is 74.9 cm³/mol. The SMILES string of the molecule is NC(c1ccc(Cl)o1)c1cc2c(cc1Br)OCCO2. The van der Waals surface area contributed by atoms with Crippen LogP contribution in [0.1, 0.15) is 17.4 Å². The van der Waals surface area contributed by atoms with Crippen molar-refractivity contribution in [2.75, 3.05) is 13.2 Å². The van der Waals surface area contributed by atoms with Crippen LogP contribution in [0.25, 0.3) is 0 Å². The Morgan fingerprint density at radius 2 is 1.84 bits per heavy atom. The molecule has 0 saturated heterocycles. The van der Waals surface area contributed by atoms with Crippen molar-refractivity contribution in [2.45, 2.75) is 6.04 Å². The molecular formula is C13H11BrClNO3. The zero-order chi connectivity index (χ0) is 13.4. The molecule has 0 aliphatic carbocycles. The quantitative estimate of drug-likeness (QED) is 0.905. The van der Waals surface area contributed by atoms with Gasteiger partial charge in [-0.05, 0) is 41.4 Å². The highest BCUT2D eigenvalue weighted by Crippen LogP contribution is 2.39. The third-order valence-electron chi connectivity index (χ3n) is 2.90. The number of halogens is 2. The molecule has 1 aromatic heterocycles. The maximum atomic E-state index is 6.18. The van der Waals surface area contributed by atoms with Crippen LogP contribution in [0, 0.1) is 0 Å². The standard InChI is InChI=1S/C13H11BrClNO3/c14-8-6-11-10(17-3-4-18-11)5-7(8)13(16)9-1-2-12(15)19-9/h1-2,5-6,13H,3-4,16H2. The fraction of sp³-hybridized carbons (Fsp3) is 0.231. The lowest BCUT2D eigenvalue weighted by atomic mass is 10.0. The fourth-order valence-electron chi connectivity index (χ4n) is 1.97. The van der Waals surface area contributed by atoms with E-state index in [1.54, 1.807) is 12.1 Å². The molecule has 0 fully saturated rings. The highest BCUT2D eigenvalue weighted by molar-refractivity contribution is 9.10. The van der Waals surface area contributed by atoms with E-state index in [4.69, 9.17) is 31.2 Å². The molecule has 2 heterocycles. The van der Waals surface area contributed by atoms with Gasteiger partial charge in [0.15, 0.2) is 16.7 Å². The lowest BCUT2D eigenvalue weighted by Crippen LogP contribution is -2.17. The average molecular weight is 345 g/mol. The minimum atomic E-state index is -0.419. The van der Waals surface area contributed by atoms with Crippen molar-refractivity contribution in [1.82, 2.24) is 0 Å². The molecule has 0 spiro atoms. The number of furan rings is 1. The molecule has 1 atom stereocenters. The van der Waals surface area contributed by atoms with E-state index < -0.39 is 6.04 Å². The molecule has 3 rings (SSSR count). The lowest BCUT2D eigenvalue weighted by molar-refractivity contribution is 0.171. The van der Waals surface area contributed by atoms with Gasteiger partial charge in [0.1, 0.15) is 19.0 Å². The van der Waals surface area contributed by atoms with E-state index in [1.165, 1.54) is 0 Å². The Bertz CT molecular complexity index is 614. The molecule has 1 aliphatic rings. The van der Waals surface area contributed by atoms with E-state index in [9.17, 15) is 0 Å². The number of rotatable bonds is 2. The molecule has 2 aromatic rings. The third-order valence-corrected chi connectivity index (χ3v) is 3.79. The minimum Gasteiger partial charge on any atom is -0.486 e. The van der Waals surface area contributed by atoms with Crippen LogP contribution >= 0.6 is 27.5 Å². The fourth-order valence-corrected chi connectivity index (χ4v) is 2.69. The van der Waals surface area contributed by atoms with Gasteiger partial charge in [0.05, 0.1) is 6.04 Å². The first-order valence-electron chi connectivity index (χ1n) is 5.75. The van der Waals surface area contributed by atoms with Gasteiger partial charge in [0, 0.05) is 4.47 Å². The van der Waals surface area contributed by atoms with Crippen molar-refractivity contribution in [3.05, 3.63) is 45.3 Å². The van der Waals surface area contributed by atoms with Crippen LogP contribution in [0.2, 0.25) is 5.22 Å². The second-order valence-corrected chi connectivity index (χ2v) is 5.36. The van der Waals surface area contributed by atoms with Crippen LogP contribution in [-0.4, -0.2) is 13.2 Å². The second-order valence-electron chi connectivity index (χ2n) is 4.14. The number of benzene rings is 1. The van der Waals surface area contributed by atoms with Gasteiger partial charge in [0.25, 0.3) is 0 Å². The molecule has 1 unspecified atom stereocenters. The van der Waals surface area contributed by atoms with Crippen LogP contribution in [0.15, 0.2) is 33.2 Å². The van der Waals surface area contributed by atoms with E-state index in [0.717, 1.165) is 10.0 Å². The number of hydrogen-bond donors (Lipinski definition) is 1. The molecule has 100 valence electrons. The number of hydrogen-bond acceptors (Lipinski definition) is 4. The summed E-state index contributed by atoms with van der Waals surface area (Å²) in [4.78, 5) is 0. The number of nitrogens with two attached hydrogens (primary N) is 1. The second kappa shape index (κ2) is 5.07. The molecule has 4 nitrogen and oxygen atoms in total.